The number of nitrogens with one attached hydrogen (secondary N) is 1. The normalized spacial score (nSPS) is 10.1. The molecule has 0 spiro atoms. The van der Waals surface area contributed by atoms with Crippen LogP contribution in [0.4, 0.5) is 11.4 Å². The zero-order valence-corrected chi connectivity index (χ0v) is 13.1. The number of hydrogen-bond acceptors (Lipinski definition) is 2. The number of hydrogen-bond donors (Lipinski definition) is 1. The Hall–Kier alpha value is -1.21. The Morgan fingerprint density at radius 3 is 2.63 bits per heavy atom. The van der Waals surface area contributed by atoms with Crippen molar-refractivity contribution in [2.45, 2.75) is 6.92 Å². The highest BCUT2D eigenvalue weighted by molar-refractivity contribution is 9.10. The van der Waals surface area contributed by atoms with Crippen molar-refractivity contribution in [3.63, 3.8) is 0 Å². The van der Waals surface area contributed by atoms with E-state index in [1.54, 1.807) is 12.1 Å². The lowest BCUT2D eigenvalue weighted by atomic mass is 10.1. The molecule has 0 aliphatic heterocycles. The number of benzene rings is 2. The Balaban J connectivity index is 2.51. The molecular formula is C14H9BrCl2N2. The summed E-state index contributed by atoms with van der Waals surface area (Å²) < 4.78 is 0.869. The number of rotatable bonds is 2. The summed E-state index contributed by atoms with van der Waals surface area (Å²) in [4.78, 5) is 0. The van der Waals surface area contributed by atoms with Crippen LogP contribution in [0.1, 0.15) is 11.1 Å². The molecule has 0 saturated heterocycles. The second-order valence-corrected chi connectivity index (χ2v) is 5.68. The van der Waals surface area contributed by atoms with Gasteiger partial charge >= 0.3 is 0 Å². The molecule has 0 aliphatic rings. The summed E-state index contributed by atoms with van der Waals surface area (Å²) in [5.41, 5.74) is 2.71. The van der Waals surface area contributed by atoms with E-state index >= 15 is 0 Å². The minimum atomic E-state index is 0.513. The quantitative estimate of drug-likeness (QED) is 0.752. The van der Waals surface area contributed by atoms with Crippen LogP contribution in [-0.4, -0.2) is 0 Å². The molecule has 0 aliphatic carbocycles. The van der Waals surface area contributed by atoms with Gasteiger partial charge in [0.2, 0.25) is 0 Å². The Morgan fingerprint density at radius 2 is 1.95 bits per heavy atom. The molecule has 0 heterocycles. The number of nitriles is 1. The predicted octanol–water partition coefficient (Wildman–Crippen LogP) is 5.68. The first-order valence-electron chi connectivity index (χ1n) is 5.44. The average Bonchev–Trinajstić information content (AvgIpc) is 2.39. The van der Waals surface area contributed by atoms with E-state index in [0.29, 0.717) is 27.0 Å². The summed E-state index contributed by atoms with van der Waals surface area (Å²) >= 11 is 15.8. The smallest absolute Gasteiger partial charge is 0.101 e. The predicted molar refractivity (Wildman–Crippen MR) is 83.3 cm³/mol. The fourth-order valence-corrected chi connectivity index (χ4v) is 2.45. The molecule has 0 bridgehead atoms. The fourth-order valence-electron chi connectivity index (χ4n) is 1.62. The third-order valence-electron chi connectivity index (χ3n) is 2.65. The third-order valence-corrected chi connectivity index (χ3v) is 3.94. The van der Waals surface area contributed by atoms with Gasteiger partial charge in [-0.3, -0.25) is 0 Å². The topological polar surface area (TPSA) is 35.8 Å². The zero-order valence-electron chi connectivity index (χ0n) is 9.97. The highest BCUT2D eigenvalue weighted by Crippen LogP contribution is 2.36. The molecule has 0 saturated carbocycles. The molecule has 5 heteroatoms. The molecule has 2 nitrogen and oxygen atoms in total. The molecular weight excluding hydrogens is 347 g/mol. The van der Waals surface area contributed by atoms with Gasteiger partial charge < -0.3 is 5.32 Å². The van der Waals surface area contributed by atoms with Gasteiger partial charge in [0.25, 0.3) is 0 Å². The Morgan fingerprint density at radius 1 is 1.21 bits per heavy atom. The van der Waals surface area contributed by atoms with Crippen LogP contribution in [0.25, 0.3) is 0 Å². The van der Waals surface area contributed by atoms with Gasteiger partial charge in [-0.2, -0.15) is 5.26 Å². The minimum Gasteiger partial charge on any atom is -0.352 e. The van der Waals surface area contributed by atoms with Crippen LogP contribution < -0.4 is 5.32 Å². The lowest BCUT2D eigenvalue weighted by molar-refractivity contribution is 1.42. The van der Waals surface area contributed by atoms with Gasteiger partial charge in [-0.15, -0.1) is 0 Å². The van der Waals surface area contributed by atoms with Crippen molar-refractivity contribution in [2.75, 3.05) is 5.32 Å². The van der Waals surface area contributed by atoms with E-state index in [4.69, 9.17) is 28.5 Å². The molecule has 2 aromatic carbocycles. The molecule has 19 heavy (non-hydrogen) atoms. The average molecular weight is 356 g/mol. The molecule has 0 fully saturated rings. The largest absolute Gasteiger partial charge is 0.352 e. The van der Waals surface area contributed by atoms with E-state index in [2.05, 4.69) is 27.3 Å². The first kappa shape index (κ1) is 14.2. The van der Waals surface area contributed by atoms with Gasteiger partial charge in [0.1, 0.15) is 6.07 Å². The van der Waals surface area contributed by atoms with E-state index in [9.17, 15) is 0 Å². The van der Waals surface area contributed by atoms with Gasteiger partial charge in [0.15, 0.2) is 0 Å². The Kier molecular flexibility index (Phi) is 4.36. The van der Waals surface area contributed by atoms with E-state index in [-0.39, 0.29) is 0 Å². The Labute approximate surface area is 130 Å². The summed E-state index contributed by atoms with van der Waals surface area (Å²) in [6.45, 7) is 1.90. The second-order valence-electron chi connectivity index (χ2n) is 3.98. The maximum atomic E-state index is 9.11. The molecule has 1 N–H and O–H groups in total. The van der Waals surface area contributed by atoms with Gasteiger partial charge in [-0.1, -0.05) is 45.2 Å². The number of halogens is 3. The summed E-state index contributed by atoms with van der Waals surface area (Å²) in [7, 11) is 0. The molecule has 2 rings (SSSR count). The zero-order chi connectivity index (χ0) is 14.0. The number of nitrogens with zero attached hydrogens (tertiary/aromatic N) is 1. The van der Waals surface area contributed by atoms with Crippen molar-refractivity contribution in [3.05, 3.63) is 56.0 Å². The van der Waals surface area contributed by atoms with Crippen LogP contribution in [0.3, 0.4) is 0 Å². The van der Waals surface area contributed by atoms with E-state index in [1.807, 2.05) is 25.1 Å². The van der Waals surface area contributed by atoms with Crippen molar-refractivity contribution in [1.82, 2.24) is 0 Å². The van der Waals surface area contributed by atoms with Crippen LogP contribution in [0.15, 0.2) is 34.8 Å². The van der Waals surface area contributed by atoms with Crippen LogP contribution in [0.2, 0.25) is 10.0 Å². The molecule has 0 radical (unpaired) electrons. The lowest BCUT2D eigenvalue weighted by Crippen LogP contribution is -1.96. The summed E-state index contributed by atoms with van der Waals surface area (Å²) in [5, 5.41) is 13.3. The van der Waals surface area contributed by atoms with Crippen molar-refractivity contribution in [1.29, 1.82) is 5.26 Å². The lowest BCUT2D eigenvalue weighted by Gasteiger charge is -2.13. The van der Waals surface area contributed by atoms with Gasteiger partial charge in [0, 0.05) is 4.47 Å². The first-order valence-corrected chi connectivity index (χ1v) is 6.99. The monoisotopic (exact) mass is 354 g/mol. The molecule has 2 aromatic rings. The molecule has 96 valence electrons. The fraction of sp³-hybridized carbons (Fsp3) is 0.0714. The van der Waals surface area contributed by atoms with E-state index in [1.165, 1.54) is 0 Å². The number of anilines is 2. The van der Waals surface area contributed by atoms with E-state index < -0.39 is 0 Å². The third kappa shape index (κ3) is 3.03. The van der Waals surface area contributed by atoms with Gasteiger partial charge in [-0.25, -0.2) is 0 Å². The summed E-state index contributed by atoms with van der Waals surface area (Å²) in [6.07, 6.45) is 0. The Bertz CT molecular complexity index is 678. The number of aryl methyl sites for hydroxylation is 1. The van der Waals surface area contributed by atoms with E-state index in [0.717, 1.165) is 10.0 Å². The van der Waals surface area contributed by atoms with Crippen molar-refractivity contribution < 1.29 is 0 Å². The van der Waals surface area contributed by atoms with Crippen LogP contribution in [0.5, 0.6) is 0 Å². The van der Waals surface area contributed by atoms with Gasteiger partial charge in [-0.05, 0) is 36.8 Å². The first-order chi connectivity index (χ1) is 9.02. The standard InChI is InChI=1S/C14H9BrCl2N2/c1-8-2-5-11(16)14(13(8)17)19-12-6-10(15)4-3-9(12)7-18/h2-6,19H,1H3. The maximum Gasteiger partial charge on any atom is 0.101 e. The van der Waals surface area contributed by atoms with Crippen molar-refractivity contribution >= 4 is 50.5 Å². The van der Waals surface area contributed by atoms with Crippen LogP contribution in [0, 0.1) is 18.3 Å². The molecule has 0 aromatic heterocycles. The van der Waals surface area contributed by atoms with Gasteiger partial charge in [0.05, 0.1) is 27.0 Å². The van der Waals surface area contributed by atoms with Crippen molar-refractivity contribution in [2.24, 2.45) is 0 Å². The van der Waals surface area contributed by atoms with Crippen molar-refractivity contribution in [3.8, 4) is 6.07 Å². The summed E-state index contributed by atoms with van der Waals surface area (Å²) in [5.74, 6) is 0. The SMILES string of the molecule is Cc1ccc(Cl)c(Nc2cc(Br)ccc2C#N)c1Cl. The second kappa shape index (κ2) is 5.83. The molecule has 0 amide bonds. The van der Waals surface area contributed by atoms with Crippen LogP contribution >= 0.6 is 39.1 Å². The maximum absolute atomic E-state index is 9.11. The molecule has 0 atom stereocenters. The molecule has 0 unspecified atom stereocenters. The minimum absolute atomic E-state index is 0.513. The van der Waals surface area contributed by atoms with Crippen LogP contribution in [-0.2, 0) is 0 Å². The highest BCUT2D eigenvalue weighted by atomic mass is 79.9. The highest BCUT2D eigenvalue weighted by Gasteiger charge is 2.11. The summed E-state index contributed by atoms with van der Waals surface area (Å²) in [6, 6.07) is 11.1.